The van der Waals surface area contributed by atoms with Crippen LogP contribution in [-0.2, 0) is 11.3 Å². The zero-order chi connectivity index (χ0) is 23.8. The van der Waals surface area contributed by atoms with E-state index in [0.717, 1.165) is 37.3 Å². The number of fused-ring (bicyclic) bond motifs is 1. The second kappa shape index (κ2) is 9.02. The second-order valence-corrected chi connectivity index (χ2v) is 9.29. The van der Waals surface area contributed by atoms with E-state index in [0.29, 0.717) is 25.6 Å². The largest absolute Gasteiger partial charge is 0.378 e. The molecular formula is C24H28N6O4. The quantitative estimate of drug-likeness (QED) is 0.573. The highest BCUT2D eigenvalue weighted by atomic mass is 16.5. The van der Waals surface area contributed by atoms with Gasteiger partial charge in [0.2, 0.25) is 0 Å². The van der Waals surface area contributed by atoms with Gasteiger partial charge in [-0.25, -0.2) is 14.8 Å². The number of aromatic amines is 1. The Labute approximate surface area is 196 Å². The minimum absolute atomic E-state index is 0.118. The standard InChI is InChI=1S/C24H28N6O4/c1-14(2)13-30-21-20(23(32)28-24(30)33)17(11-18(26-21)15-3-4-15)22(31)27-19-6-5-16(12-25-19)29-7-9-34-10-8-29/h5-6,11-12,14-15H,3-4,7-10,13H2,1-2H3,(H,25,27,31)(H,28,32,33). The van der Waals surface area contributed by atoms with Crippen LogP contribution >= 0.6 is 0 Å². The maximum atomic E-state index is 13.3. The molecule has 0 atom stereocenters. The molecule has 34 heavy (non-hydrogen) atoms. The first kappa shape index (κ1) is 22.3. The predicted molar refractivity (Wildman–Crippen MR) is 129 cm³/mol. The van der Waals surface area contributed by atoms with E-state index in [9.17, 15) is 14.4 Å². The SMILES string of the molecule is CC(C)Cn1c(=O)[nH]c(=O)c2c(C(=O)Nc3ccc(N4CCOCC4)cn3)cc(C3CC3)nc21. The Kier molecular flexibility index (Phi) is 5.91. The summed E-state index contributed by atoms with van der Waals surface area (Å²) < 4.78 is 6.84. The third-order valence-corrected chi connectivity index (χ3v) is 6.12. The van der Waals surface area contributed by atoms with E-state index in [1.807, 2.05) is 19.9 Å². The summed E-state index contributed by atoms with van der Waals surface area (Å²) in [6, 6.07) is 5.32. The van der Waals surface area contributed by atoms with Gasteiger partial charge < -0.3 is 15.0 Å². The lowest BCUT2D eigenvalue weighted by atomic mass is 10.1. The van der Waals surface area contributed by atoms with Crippen molar-refractivity contribution < 1.29 is 9.53 Å². The van der Waals surface area contributed by atoms with Gasteiger partial charge in [-0.1, -0.05) is 13.8 Å². The normalized spacial score (nSPS) is 16.3. The molecule has 1 saturated heterocycles. The third kappa shape index (κ3) is 4.45. The molecule has 10 heteroatoms. The van der Waals surface area contributed by atoms with E-state index in [1.54, 1.807) is 18.3 Å². The summed E-state index contributed by atoms with van der Waals surface area (Å²) in [6.45, 7) is 7.28. The highest BCUT2D eigenvalue weighted by Gasteiger charge is 2.29. The number of amides is 1. The van der Waals surface area contributed by atoms with Crippen LogP contribution < -0.4 is 21.5 Å². The minimum atomic E-state index is -0.615. The van der Waals surface area contributed by atoms with E-state index in [2.05, 4.69) is 25.2 Å². The first-order valence-corrected chi connectivity index (χ1v) is 11.7. The van der Waals surface area contributed by atoms with Gasteiger partial charge in [-0.3, -0.25) is 19.1 Å². The topological polar surface area (TPSA) is 122 Å². The minimum Gasteiger partial charge on any atom is -0.378 e. The molecule has 2 N–H and O–H groups in total. The Morgan fingerprint density at radius 1 is 1.24 bits per heavy atom. The molecule has 0 spiro atoms. The van der Waals surface area contributed by atoms with Gasteiger partial charge in [0.1, 0.15) is 5.82 Å². The highest BCUT2D eigenvalue weighted by Crippen LogP contribution is 2.40. The van der Waals surface area contributed by atoms with Crippen molar-refractivity contribution in [3.8, 4) is 0 Å². The number of hydrogen-bond acceptors (Lipinski definition) is 7. The zero-order valence-corrected chi connectivity index (χ0v) is 19.3. The van der Waals surface area contributed by atoms with Crippen molar-refractivity contribution in [1.29, 1.82) is 0 Å². The molecule has 10 nitrogen and oxygen atoms in total. The number of anilines is 2. The molecule has 0 bridgehead atoms. The van der Waals surface area contributed by atoms with Crippen LogP contribution in [0.5, 0.6) is 0 Å². The number of nitrogens with zero attached hydrogens (tertiary/aromatic N) is 4. The molecule has 0 radical (unpaired) electrons. The van der Waals surface area contributed by atoms with Crippen molar-refractivity contribution >= 4 is 28.4 Å². The Morgan fingerprint density at radius 2 is 2.00 bits per heavy atom. The Hall–Kier alpha value is -3.53. The Balaban J connectivity index is 1.51. The highest BCUT2D eigenvalue weighted by molar-refractivity contribution is 6.11. The first-order valence-electron chi connectivity index (χ1n) is 11.7. The molecule has 1 aliphatic carbocycles. The number of ether oxygens (including phenoxy) is 1. The van der Waals surface area contributed by atoms with Crippen LogP contribution in [0.2, 0.25) is 0 Å². The summed E-state index contributed by atoms with van der Waals surface area (Å²) in [5.74, 6) is 0.321. The summed E-state index contributed by atoms with van der Waals surface area (Å²) in [5, 5.41) is 2.93. The number of pyridine rings is 2. The fraction of sp³-hybridized carbons (Fsp3) is 0.458. The fourth-order valence-corrected chi connectivity index (χ4v) is 4.25. The number of hydrogen-bond donors (Lipinski definition) is 2. The number of H-pyrrole nitrogens is 1. The third-order valence-electron chi connectivity index (χ3n) is 6.12. The molecule has 2 fully saturated rings. The van der Waals surface area contributed by atoms with E-state index in [-0.39, 0.29) is 28.4 Å². The molecule has 5 rings (SSSR count). The first-order chi connectivity index (χ1) is 16.4. The molecule has 2 aliphatic rings. The summed E-state index contributed by atoms with van der Waals surface area (Å²) in [7, 11) is 0. The van der Waals surface area contributed by atoms with E-state index < -0.39 is 17.2 Å². The van der Waals surface area contributed by atoms with Crippen LogP contribution in [0.1, 0.15) is 48.7 Å². The van der Waals surface area contributed by atoms with Crippen LogP contribution in [0.3, 0.4) is 0 Å². The Bertz CT molecular complexity index is 1330. The fourth-order valence-electron chi connectivity index (χ4n) is 4.25. The van der Waals surface area contributed by atoms with Gasteiger partial charge in [0.05, 0.1) is 36.0 Å². The van der Waals surface area contributed by atoms with E-state index >= 15 is 0 Å². The van der Waals surface area contributed by atoms with Crippen molar-refractivity contribution in [3.63, 3.8) is 0 Å². The van der Waals surface area contributed by atoms with Crippen molar-refractivity contribution in [3.05, 3.63) is 56.5 Å². The van der Waals surface area contributed by atoms with Crippen molar-refractivity contribution in [2.45, 2.75) is 39.2 Å². The number of carbonyl (C=O) groups excluding carboxylic acids is 1. The van der Waals surface area contributed by atoms with Crippen LogP contribution in [-0.4, -0.2) is 51.7 Å². The number of morpholine rings is 1. The molecule has 178 valence electrons. The van der Waals surface area contributed by atoms with Gasteiger partial charge in [-0.2, -0.15) is 0 Å². The number of carbonyl (C=O) groups is 1. The van der Waals surface area contributed by atoms with Gasteiger partial charge in [0, 0.05) is 31.2 Å². The lowest BCUT2D eigenvalue weighted by molar-refractivity contribution is 0.102. The van der Waals surface area contributed by atoms with Crippen LogP contribution in [0.4, 0.5) is 11.5 Å². The monoisotopic (exact) mass is 464 g/mol. The predicted octanol–water partition coefficient (Wildman–Crippen LogP) is 2.10. The second-order valence-electron chi connectivity index (χ2n) is 9.29. The van der Waals surface area contributed by atoms with Gasteiger partial charge >= 0.3 is 5.69 Å². The molecule has 0 unspecified atom stereocenters. The molecule has 1 saturated carbocycles. The Morgan fingerprint density at radius 3 is 2.65 bits per heavy atom. The van der Waals surface area contributed by atoms with Crippen LogP contribution in [0.15, 0.2) is 34.0 Å². The van der Waals surface area contributed by atoms with Crippen molar-refractivity contribution in [2.24, 2.45) is 5.92 Å². The van der Waals surface area contributed by atoms with Gasteiger partial charge in [0.25, 0.3) is 11.5 Å². The van der Waals surface area contributed by atoms with Crippen LogP contribution in [0, 0.1) is 5.92 Å². The van der Waals surface area contributed by atoms with Gasteiger partial charge in [-0.05, 0) is 37.0 Å². The maximum Gasteiger partial charge on any atom is 0.330 e. The van der Waals surface area contributed by atoms with Crippen LogP contribution in [0.25, 0.3) is 11.0 Å². The lowest BCUT2D eigenvalue weighted by Gasteiger charge is -2.28. The molecule has 3 aromatic heterocycles. The molecule has 0 aromatic carbocycles. The zero-order valence-electron chi connectivity index (χ0n) is 19.3. The van der Waals surface area contributed by atoms with Crippen molar-refractivity contribution in [2.75, 3.05) is 36.5 Å². The summed E-state index contributed by atoms with van der Waals surface area (Å²) in [6.07, 6.45) is 3.66. The molecule has 1 amide bonds. The van der Waals surface area contributed by atoms with Crippen molar-refractivity contribution in [1.82, 2.24) is 19.5 Å². The van der Waals surface area contributed by atoms with E-state index in [4.69, 9.17) is 4.74 Å². The average Bonchev–Trinajstić information content (AvgIpc) is 3.67. The van der Waals surface area contributed by atoms with Gasteiger partial charge in [0.15, 0.2) is 5.65 Å². The number of nitrogens with one attached hydrogen (secondary N) is 2. The van der Waals surface area contributed by atoms with E-state index in [1.165, 1.54) is 4.57 Å². The lowest BCUT2D eigenvalue weighted by Crippen LogP contribution is -2.36. The molecule has 3 aromatic rings. The molecule has 4 heterocycles. The average molecular weight is 465 g/mol. The summed E-state index contributed by atoms with van der Waals surface area (Å²) in [5.41, 5.74) is 1.02. The molecular weight excluding hydrogens is 436 g/mol. The summed E-state index contributed by atoms with van der Waals surface area (Å²) >= 11 is 0. The maximum absolute atomic E-state index is 13.3. The molecule has 1 aliphatic heterocycles. The number of aromatic nitrogens is 4. The van der Waals surface area contributed by atoms with Gasteiger partial charge in [-0.15, -0.1) is 0 Å². The summed E-state index contributed by atoms with van der Waals surface area (Å²) in [4.78, 5) is 52.3. The smallest absolute Gasteiger partial charge is 0.330 e. The number of rotatable bonds is 6.